The molecule has 0 aliphatic rings. The Morgan fingerprint density at radius 2 is 2.00 bits per heavy atom. The Balaban J connectivity index is 2.44. The van der Waals surface area contributed by atoms with Gasteiger partial charge < -0.3 is 0 Å². The van der Waals surface area contributed by atoms with E-state index in [9.17, 15) is 13.2 Å². The Kier molecular flexibility index (Phi) is 3.13. The lowest BCUT2D eigenvalue weighted by Crippen LogP contribution is -2.03. The van der Waals surface area contributed by atoms with Gasteiger partial charge in [-0.25, -0.2) is 9.67 Å². The summed E-state index contributed by atoms with van der Waals surface area (Å²) in [6.07, 6.45) is -1.45. The molecule has 2 heterocycles. The van der Waals surface area contributed by atoms with E-state index in [2.05, 4.69) is 26.0 Å². The lowest BCUT2D eigenvalue weighted by molar-refractivity contribution is -0.137. The third kappa shape index (κ3) is 2.61. The van der Waals surface area contributed by atoms with Gasteiger partial charge in [-0.1, -0.05) is 11.6 Å². The second kappa shape index (κ2) is 4.30. The predicted octanol–water partition coefficient (Wildman–Crippen LogP) is 3.70. The van der Waals surface area contributed by atoms with Crippen molar-refractivity contribution in [2.45, 2.75) is 6.18 Å². The molecule has 8 heteroatoms. The summed E-state index contributed by atoms with van der Waals surface area (Å²) in [5.74, 6) is 0.144. The van der Waals surface area contributed by atoms with Crippen molar-refractivity contribution in [3.05, 3.63) is 39.7 Å². The summed E-state index contributed by atoms with van der Waals surface area (Å²) >= 11 is 9.00. The van der Waals surface area contributed by atoms with Gasteiger partial charge in [-0.3, -0.25) is 0 Å². The van der Waals surface area contributed by atoms with Crippen LogP contribution < -0.4 is 0 Å². The number of hydrogen-bond donors (Lipinski definition) is 0. The number of nitrogens with zero attached hydrogens (tertiary/aromatic N) is 3. The number of pyridine rings is 1. The van der Waals surface area contributed by atoms with Gasteiger partial charge in [-0.2, -0.15) is 18.3 Å². The van der Waals surface area contributed by atoms with Crippen molar-refractivity contribution in [2.75, 3.05) is 0 Å². The molecule has 0 saturated carbocycles. The molecular weight excluding hydrogens is 322 g/mol. The van der Waals surface area contributed by atoms with Crippen molar-refractivity contribution in [1.82, 2.24) is 14.8 Å². The third-order valence-corrected chi connectivity index (χ3v) is 2.63. The molecule has 0 aromatic carbocycles. The standard InChI is InChI=1S/C9H4BrClF3N3/c10-6-1-7(11)8(15-3-6)17-4-5(2-16-17)9(12,13)14/h1-4H. The highest BCUT2D eigenvalue weighted by atomic mass is 79.9. The van der Waals surface area contributed by atoms with E-state index in [-0.39, 0.29) is 10.8 Å². The monoisotopic (exact) mass is 325 g/mol. The smallest absolute Gasteiger partial charge is 0.235 e. The van der Waals surface area contributed by atoms with E-state index in [1.807, 2.05) is 0 Å². The molecule has 17 heavy (non-hydrogen) atoms. The molecule has 0 bridgehead atoms. The van der Waals surface area contributed by atoms with E-state index in [0.717, 1.165) is 17.1 Å². The van der Waals surface area contributed by atoms with E-state index >= 15 is 0 Å². The Morgan fingerprint density at radius 3 is 2.53 bits per heavy atom. The Labute approximate surface area is 107 Å². The van der Waals surface area contributed by atoms with Gasteiger partial charge >= 0.3 is 6.18 Å². The lowest BCUT2D eigenvalue weighted by atomic mass is 10.3. The minimum absolute atomic E-state index is 0.144. The van der Waals surface area contributed by atoms with E-state index in [1.165, 1.54) is 12.3 Å². The van der Waals surface area contributed by atoms with Crippen LogP contribution in [0.15, 0.2) is 29.1 Å². The molecule has 0 amide bonds. The average Bonchev–Trinajstić information content (AvgIpc) is 2.65. The molecule has 0 aliphatic heterocycles. The van der Waals surface area contributed by atoms with E-state index in [4.69, 9.17) is 11.6 Å². The van der Waals surface area contributed by atoms with Crippen LogP contribution in [0.25, 0.3) is 5.82 Å². The maximum atomic E-state index is 12.4. The van der Waals surface area contributed by atoms with Crippen molar-refractivity contribution in [3.8, 4) is 5.82 Å². The van der Waals surface area contributed by atoms with Crippen LogP contribution in [0.5, 0.6) is 0 Å². The van der Waals surface area contributed by atoms with Crippen molar-refractivity contribution in [2.24, 2.45) is 0 Å². The first-order chi connectivity index (χ1) is 7.88. The SMILES string of the molecule is FC(F)(F)c1cnn(-c2ncc(Br)cc2Cl)c1. The molecule has 0 N–H and O–H groups in total. The molecule has 2 aromatic heterocycles. The Bertz CT molecular complexity index is 553. The molecule has 0 atom stereocenters. The molecular formula is C9H4BrClF3N3. The Hall–Kier alpha value is -1.08. The number of rotatable bonds is 1. The summed E-state index contributed by atoms with van der Waals surface area (Å²) in [5, 5.41) is 3.78. The summed E-state index contributed by atoms with van der Waals surface area (Å²) in [5.41, 5.74) is -0.849. The minimum Gasteiger partial charge on any atom is -0.235 e. The molecule has 2 aromatic rings. The maximum absolute atomic E-state index is 12.4. The highest BCUT2D eigenvalue weighted by Crippen LogP contribution is 2.30. The fraction of sp³-hybridized carbons (Fsp3) is 0.111. The van der Waals surface area contributed by atoms with Crippen LogP contribution in [0.3, 0.4) is 0 Å². The molecule has 0 fully saturated rings. The van der Waals surface area contributed by atoms with Crippen LogP contribution >= 0.6 is 27.5 Å². The van der Waals surface area contributed by atoms with Crippen LogP contribution in [-0.4, -0.2) is 14.8 Å². The van der Waals surface area contributed by atoms with Gasteiger partial charge in [0, 0.05) is 16.9 Å². The minimum atomic E-state index is -4.43. The van der Waals surface area contributed by atoms with Gasteiger partial charge in [0.2, 0.25) is 0 Å². The van der Waals surface area contributed by atoms with Crippen molar-refractivity contribution < 1.29 is 13.2 Å². The zero-order valence-corrected chi connectivity index (χ0v) is 10.4. The van der Waals surface area contributed by atoms with Gasteiger partial charge in [0.15, 0.2) is 5.82 Å². The van der Waals surface area contributed by atoms with E-state index in [0.29, 0.717) is 4.47 Å². The van der Waals surface area contributed by atoms with Crippen molar-refractivity contribution in [3.63, 3.8) is 0 Å². The fourth-order valence-corrected chi connectivity index (χ4v) is 1.88. The molecule has 0 radical (unpaired) electrons. The first kappa shape index (κ1) is 12.4. The van der Waals surface area contributed by atoms with Gasteiger partial charge in [0.1, 0.15) is 0 Å². The van der Waals surface area contributed by atoms with Crippen LogP contribution in [0.2, 0.25) is 5.02 Å². The van der Waals surface area contributed by atoms with Gasteiger partial charge in [0.25, 0.3) is 0 Å². The summed E-state index contributed by atoms with van der Waals surface area (Å²) in [4.78, 5) is 3.90. The quantitative estimate of drug-likeness (QED) is 0.800. The molecule has 0 saturated heterocycles. The van der Waals surface area contributed by atoms with Crippen LogP contribution in [0.4, 0.5) is 13.2 Å². The maximum Gasteiger partial charge on any atom is 0.419 e. The summed E-state index contributed by atoms with van der Waals surface area (Å²) in [6.45, 7) is 0. The highest BCUT2D eigenvalue weighted by molar-refractivity contribution is 9.10. The summed E-state index contributed by atoms with van der Waals surface area (Å²) in [6, 6.07) is 1.53. The average molecular weight is 327 g/mol. The molecule has 2 rings (SSSR count). The molecule has 0 spiro atoms. The lowest BCUT2D eigenvalue weighted by Gasteiger charge is -2.03. The van der Waals surface area contributed by atoms with Gasteiger partial charge in [-0.05, 0) is 22.0 Å². The third-order valence-electron chi connectivity index (χ3n) is 1.92. The van der Waals surface area contributed by atoms with Crippen LogP contribution in [-0.2, 0) is 6.18 Å². The number of aromatic nitrogens is 3. The van der Waals surface area contributed by atoms with Crippen molar-refractivity contribution in [1.29, 1.82) is 0 Å². The fourth-order valence-electron chi connectivity index (χ4n) is 1.16. The zero-order valence-electron chi connectivity index (χ0n) is 8.04. The molecule has 0 aliphatic carbocycles. The van der Waals surface area contributed by atoms with E-state index in [1.54, 1.807) is 0 Å². The summed E-state index contributed by atoms with van der Waals surface area (Å²) in [7, 11) is 0. The van der Waals surface area contributed by atoms with Crippen LogP contribution in [0.1, 0.15) is 5.56 Å². The zero-order chi connectivity index (χ0) is 12.6. The molecule has 90 valence electrons. The van der Waals surface area contributed by atoms with E-state index < -0.39 is 11.7 Å². The molecule has 3 nitrogen and oxygen atoms in total. The largest absolute Gasteiger partial charge is 0.419 e. The second-order valence-corrected chi connectivity index (χ2v) is 4.45. The summed E-state index contributed by atoms with van der Waals surface area (Å²) < 4.78 is 38.7. The first-order valence-electron chi connectivity index (χ1n) is 4.31. The molecule has 0 unspecified atom stereocenters. The van der Waals surface area contributed by atoms with Crippen LogP contribution in [0, 0.1) is 0 Å². The van der Waals surface area contributed by atoms with Crippen molar-refractivity contribution >= 4 is 27.5 Å². The van der Waals surface area contributed by atoms with Gasteiger partial charge in [-0.15, -0.1) is 0 Å². The Morgan fingerprint density at radius 1 is 1.29 bits per heavy atom. The number of halogens is 5. The predicted molar refractivity (Wildman–Crippen MR) is 59.1 cm³/mol. The van der Waals surface area contributed by atoms with Gasteiger partial charge in [0.05, 0.1) is 16.8 Å². The second-order valence-electron chi connectivity index (χ2n) is 3.13. The first-order valence-corrected chi connectivity index (χ1v) is 5.48. The highest BCUT2D eigenvalue weighted by Gasteiger charge is 2.32. The normalized spacial score (nSPS) is 11.8. The topological polar surface area (TPSA) is 30.7 Å². The number of hydrogen-bond acceptors (Lipinski definition) is 2. The number of alkyl halides is 3.